The van der Waals surface area contributed by atoms with Crippen molar-refractivity contribution in [1.29, 1.82) is 0 Å². The number of hydrogen-bond donors (Lipinski definition) is 1. The van der Waals surface area contributed by atoms with Crippen LogP contribution in [0.4, 0.5) is 0 Å². The molecule has 1 aromatic rings. The maximum absolute atomic E-state index is 5.40. The molecule has 1 aromatic heterocycles. The number of rotatable bonds is 3. The number of aromatic nitrogens is 1. The second-order valence-corrected chi connectivity index (χ2v) is 3.20. The molecule has 2 N–H and O–H groups in total. The maximum Gasteiger partial charge on any atom is 0.136 e. The van der Waals surface area contributed by atoms with Crippen LogP contribution >= 0.6 is 15.9 Å². The van der Waals surface area contributed by atoms with Gasteiger partial charge in [0.15, 0.2) is 0 Å². The normalized spacial score (nSPS) is 9.92. The Morgan fingerprint density at radius 3 is 3.00 bits per heavy atom. The van der Waals surface area contributed by atoms with E-state index in [-0.39, 0.29) is 0 Å². The Morgan fingerprint density at radius 2 is 2.42 bits per heavy atom. The molecule has 0 saturated carbocycles. The van der Waals surface area contributed by atoms with Crippen molar-refractivity contribution in [2.24, 2.45) is 5.73 Å². The largest absolute Gasteiger partial charge is 0.495 e. The fourth-order valence-corrected chi connectivity index (χ4v) is 1.28. The van der Waals surface area contributed by atoms with Gasteiger partial charge in [-0.15, -0.1) is 0 Å². The van der Waals surface area contributed by atoms with Crippen molar-refractivity contribution in [2.45, 2.75) is 6.42 Å². The average Bonchev–Trinajstić information content (AvgIpc) is 2.09. The summed E-state index contributed by atoms with van der Waals surface area (Å²) in [5.41, 5.74) is 6.35. The lowest BCUT2D eigenvalue weighted by Crippen LogP contribution is -2.04. The summed E-state index contributed by atoms with van der Waals surface area (Å²) in [6.07, 6.45) is 2.51. The SMILES string of the molecule is COc1cc(CCN)ncc1Br. The Bertz CT molecular complexity index is 265. The molecule has 1 rings (SSSR count). The van der Waals surface area contributed by atoms with Crippen molar-refractivity contribution < 1.29 is 4.74 Å². The van der Waals surface area contributed by atoms with Gasteiger partial charge >= 0.3 is 0 Å². The van der Waals surface area contributed by atoms with Crippen molar-refractivity contribution in [3.8, 4) is 5.75 Å². The first-order chi connectivity index (χ1) is 5.77. The van der Waals surface area contributed by atoms with E-state index in [0.717, 1.165) is 22.3 Å². The van der Waals surface area contributed by atoms with E-state index in [9.17, 15) is 0 Å². The highest BCUT2D eigenvalue weighted by Gasteiger charge is 2.01. The van der Waals surface area contributed by atoms with Gasteiger partial charge in [-0.05, 0) is 22.5 Å². The third-order valence-electron chi connectivity index (χ3n) is 1.50. The summed E-state index contributed by atoms with van der Waals surface area (Å²) in [6, 6.07) is 1.89. The van der Waals surface area contributed by atoms with Crippen LogP contribution in [-0.2, 0) is 6.42 Å². The van der Waals surface area contributed by atoms with Crippen molar-refractivity contribution in [2.75, 3.05) is 13.7 Å². The minimum Gasteiger partial charge on any atom is -0.495 e. The molecule has 0 unspecified atom stereocenters. The second-order valence-electron chi connectivity index (χ2n) is 2.35. The maximum atomic E-state index is 5.40. The highest BCUT2D eigenvalue weighted by Crippen LogP contribution is 2.23. The molecule has 0 aromatic carbocycles. The van der Waals surface area contributed by atoms with E-state index in [1.165, 1.54) is 0 Å². The van der Waals surface area contributed by atoms with Gasteiger partial charge in [0.25, 0.3) is 0 Å². The van der Waals surface area contributed by atoms with Crippen molar-refractivity contribution in [1.82, 2.24) is 4.98 Å². The highest BCUT2D eigenvalue weighted by atomic mass is 79.9. The summed E-state index contributed by atoms with van der Waals surface area (Å²) in [5, 5.41) is 0. The molecular weight excluding hydrogens is 220 g/mol. The molecule has 0 spiro atoms. The van der Waals surface area contributed by atoms with Gasteiger partial charge in [-0.2, -0.15) is 0 Å². The third kappa shape index (κ3) is 2.19. The molecule has 12 heavy (non-hydrogen) atoms. The lowest BCUT2D eigenvalue weighted by molar-refractivity contribution is 0.411. The summed E-state index contributed by atoms with van der Waals surface area (Å²) in [5.74, 6) is 0.799. The number of hydrogen-bond acceptors (Lipinski definition) is 3. The van der Waals surface area contributed by atoms with Crippen molar-refractivity contribution >= 4 is 15.9 Å². The zero-order chi connectivity index (χ0) is 8.97. The van der Waals surface area contributed by atoms with Gasteiger partial charge in [0.05, 0.1) is 11.6 Å². The molecule has 0 radical (unpaired) electrons. The molecule has 0 bridgehead atoms. The lowest BCUT2D eigenvalue weighted by atomic mass is 10.2. The van der Waals surface area contributed by atoms with Gasteiger partial charge in [-0.1, -0.05) is 0 Å². The number of ether oxygens (including phenoxy) is 1. The Morgan fingerprint density at radius 1 is 1.67 bits per heavy atom. The standard InChI is InChI=1S/C8H11BrN2O/c1-12-8-4-6(2-3-10)11-5-7(8)9/h4-5H,2-3,10H2,1H3. The zero-order valence-corrected chi connectivity index (χ0v) is 8.47. The van der Waals surface area contributed by atoms with Gasteiger partial charge < -0.3 is 10.5 Å². The molecule has 0 aliphatic heterocycles. The van der Waals surface area contributed by atoms with Crippen LogP contribution in [0, 0.1) is 0 Å². The minimum atomic E-state index is 0.609. The van der Waals surface area contributed by atoms with Crippen LogP contribution in [0.2, 0.25) is 0 Å². The fraction of sp³-hybridized carbons (Fsp3) is 0.375. The van der Waals surface area contributed by atoms with Gasteiger partial charge in [0.2, 0.25) is 0 Å². The molecule has 0 aliphatic carbocycles. The van der Waals surface area contributed by atoms with Crippen LogP contribution < -0.4 is 10.5 Å². The smallest absolute Gasteiger partial charge is 0.136 e. The molecule has 4 heteroatoms. The molecule has 0 fully saturated rings. The predicted molar refractivity (Wildman–Crippen MR) is 51.2 cm³/mol. The number of nitrogens with zero attached hydrogens (tertiary/aromatic N) is 1. The molecule has 3 nitrogen and oxygen atoms in total. The van der Waals surface area contributed by atoms with E-state index in [1.807, 2.05) is 6.07 Å². The topological polar surface area (TPSA) is 48.1 Å². The van der Waals surface area contributed by atoms with Crippen molar-refractivity contribution in [3.05, 3.63) is 22.4 Å². The van der Waals surface area contributed by atoms with E-state index in [1.54, 1.807) is 13.3 Å². The zero-order valence-electron chi connectivity index (χ0n) is 6.88. The molecule has 66 valence electrons. The van der Waals surface area contributed by atoms with Gasteiger partial charge in [0, 0.05) is 24.4 Å². The van der Waals surface area contributed by atoms with Gasteiger partial charge in [0.1, 0.15) is 5.75 Å². The Hall–Kier alpha value is -0.610. The van der Waals surface area contributed by atoms with E-state index in [4.69, 9.17) is 10.5 Å². The highest BCUT2D eigenvalue weighted by molar-refractivity contribution is 9.10. The number of nitrogens with two attached hydrogens (primary N) is 1. The van der Waals surface area contributed by atoms with Crippen LogP contribution in [0.25, 0.3) is 0 Å². The fourth-order valence-electron chi connectivity index (χ4n) is 0.902. The first-order valence-corrected chi connectivity index (χ1v) is 4.45. The summed E-state index contributed by atoms with van der Waals surface area (Å²) in [7, 11) is 1.63. The molecule has 0 amide bonds. The molecule has 0 aliphatic rings. The van der Waals surface area contributed by atoms with Crippen LogP contribution in [0.15, 0.2) is 16.7 Å². The van der Waals surface area contributed by atoms with Crippen LogP contribution in [0.5, 0.6) is 5.75 Å². The third-order valence-corrected chi connectivity index (χ3v) is 2.09. The Balaban J connectivity index is 2.89. The van der Waals surface area contributed by atoms with E-state index < -0.39 is 0 Å². The number of halogens is 1. The van der Waals surface area contributed by atoms with Crippen molar-refractivity contribution in [3.63, 3.8) is 0 Å². The molecule has 1 heterocycles. The lowest BCUT2D eigenvalue weighted by Gasteiger charge is -2.04. The summed E-state index contributed by atoms with van der Waals surface area (Å²) < 4.78 is 5.97. The summed E-state index contributed by atoms with van der Waals surface area (Å²) >= 11 is 3.32. The second kappa shape index (κ2) is 4.42. The first kappa shape index (κ1) is 9.48. The predicted octanol–water partition coefficient (Wildman–Crippen LogP) is 1.35. The quantitative estimate of drug-likeness (QED) is 0.854. The van der Waals surface area contributed by atoms with Gasteiger partial charge in [-0.3, -0.25) is 4.98 Å². The Labute approximate surface area is 80.1 Å². The Kier molecular flexibility index (Phi) is 3.49. The van der Waals surface area contributed by atoms with Crippen LogP contribution in [0.3, 0.4) is 0 Å². The summed E-state index contributed by atoms with van der Waals surface area (Å²) in [4.78, 5) is 4.17. The first-order valence-electron chi connectivity index (χ1n) is 3.66. The van der Waals surface area contributed by atoms with E-state index in [0.29, 0.717) is 6.54 Å². The molecule has 0 atom stereocenters. The molecular formula is C8H11BrN2O. The molecule has 0 saturated heterocycles. The summed E-state index contributed by atoms with van der Waals surface area (Å²) in [6.45, 7) is 0.609. The van der Waals surface area contributed by atoms with Crippen LogP contribution in [0.1, 0.15) is 5.69 Å². The monoisotopic (exact) mass is 230 g/mol. The van der Waals surface area contributed by atoms with Crippen LogP contribution in [-0.4, -0.2) is 18.6 Å². The minimum absolute atomic E-state index is 0.609. The average molecular weight is 231 g/mol. The number of methoxy groups -OCH3 is 1. The number of pyridine rings is 1. The van der Waals surface area contributed by atoms with Gasteiger partial charge in [-0.25, -0.2) is 0 Å². The van der Waals surface area contributed by atoms with E-state index >= 15 is 0 Å². The van der Waals surface area contributed by atoms with E-state index in [2.05, 4.69) is 20.9 Å².